The van der Waals surface area contributed by atoms with E-state index in [4.69, 9.17) is 0 Å². The Morgan fingerprint density at radius 2 is 2.03 bits per heavy atom. The lowest BCUT2D eigenvalue weighted by atomic mass is 9.85. The number of hydrogen-bond donors (Lipinski definition) is 2. The third kappa shape index (κ3) is 3.59. The van der Waals surface area contributed by atoms with Crippen LogP contribution in [-0.4, -0.2) is 53.1 Å². The predicted octanol–water partition coefficient (Wildman–Crippen LogP) is 3.22. The average Bonchev–Trinajstić information content (AvgIpc) is 2.72. The second kappa shape index (κ2) is 7.50. The second-order valence-electron chi connectivity index (χ2n) is 7.88. The largest absolute Gasteiger partial charge is 0.435 e. The molecule has 13 heteroatoms. The Labute approximate surface area is 178 Å². The van der Waals surface area contributed by atoms with Gasteiger partial charge in [0.1, 0.15) is 23.7 Å². The number of anilines is 2. The third-order valence-electron chi connectivity index (χ3n) is 5.96. The van der Waals surface area contributed by atoms with Crippen LogP contribution in [0.4, 0.5) is 38.4 Å². The first kappa shape index (κ1) is 20.8. The molecule has 2 saturated heterocycles. The van der Waals surface area contributed by atoms with Gasteiger partial charge >= 0.3 is 12.3 Å². The average molecular weight is 456 g/mol. The van der Waals surface area contributed by atoms with Gasteiger partial charge in [0.2, 0.25) is 0 Å². The lowest BCUT2D eigenvalue weighted by molar-refractivity contribution is -0.137. The van der Waals surface area contributed by atoms with Crippen LogP contribution in [0.3, 0.4) is 0 Å². The van der Waals surface area contributed by atoms with Gasteiger partial charge in [-0.25, -0.2) is 28.5 Å². The number of aromatic nitrogens is 3. The number of carbonyl (C=O) groups is 1. The molecule has 3 aliphatic rings. The molecule has 0 aliphatic carbocycles. The molecular weight excluding hydrogens is 439 g/mol. The molecular formula is C19H17F5N6O2. The molecule has 8 nitrogen and oxygen atoms in total. The van der Waals surface area contributed by atoms with E-state index in [9.17, 15) is 26.7 Å². The minimum absolute atomic E-state index is 0.0729. The zero-order valence-corrected chi connectivity index (χ0v) is 16.4. The highest BCUT2D eigenvalue weighted by molar-refractivity contribution is 5.88. The molecule has 5 rings (SSSR count). The number of carbonyl (C=O) groups excluding carboxylic acids is 1. The molecule has 3 aliphatic heterocycles. The summed E-state index contributed by atoms with van der Waals surface area (Å²) in [5.74, 6) is 0.304. The first-order valence-electron chi connectivity index (χ1n) is 9.89. The Kier molecular flexibility index (Phi) is 4.87. The van der Waals surface area contributed by atoms with Gasteiger partial charge < -0.3 is 15.0 Å². The number of alkyl halides is 5. The molecule has 2 aromatic heterocycles. The van der Waals surface area contributed by atoms with Gasteiger partial charge in [-0.2, -0.15) is 13.2 Å². The lowest BCUT2D eigenvalue weighted by Gasteiger charge is -2.46. The minimum atomic E-state index is -4.70. The van der Waals surface area contributed by atoms with E-state index in [0.717, 1.165) is 31.4 Å². The molecule has 3 atom stereocenters. The summed E-state index contributed by atoms with van der Waals surface area (Å²) in [7, 11) is 0. The monoisotopic (exact) mass is 456 g/mol. The van der Waals surface area contributed by atoms with Gasteiger partial charge in [0, 0.05) is 19.1 Å². The van der Waals surface area contributed by atoms with Gasteiger partial charge in [0.15, 0.2) is 6.10 Å². The summed E-state index contributed by atoms with van der Waals surface area (Å²) in [5, 5.41) is 5.43. The summed E-state index contributed by atoms with van der Waals surface area (Å²) in [6, 6.07) is 1.86. The van der Waals surface area contributed by atoms with Crippen LogP contribution in [0.5, 0.6) is 0 Å². The van der Waals surface area contributed by atoms with Gasteiger partial charge in [-0.15, -0.1) is 0 Å². The number of pyridine rings is 1. The molecule has 0 aromatic carbocycles. The maximum absolute atomic E-state index is 13.7. The summed E-state index contributed by atoms with van der Waals surface area (Å²) in [6.45, 7) is 1.89. The molecule has 5 heterocycles. The van der Waals surface area contributed by atoms with Crippen molar-refractivity contribution in [2.24, 2.45) is 5.92 Å². The molecule has 0 spiro atoms. The fourth-order valence-electron chi connectivity index (χ4n) is 4.24. The number of rotatable bonds is 3. The van der Waals surface area contributed by atoms with Crippen molar-refractivity contribution in [3.8, 4) is 11.4 Å². The molecule has 0 radical (unpaired) electrons. The van der Waals surface area contributed by atoms with Gasteiger partial charge in [-0.1, -0.05) is 0 Å². The van der Waals surface area contributed by atoms with Crippen LogP contribution < -0.4 is 15.5 Å². The van der Waals surface area contributed by atoms with E-state index in [1.165, 1.54) is 0 Å². The SMILES string of the molecule is O=C1Nc2ncnc(-c3cc(C(F)(F)F)cc(N4CC[C@@H]5CN[C@@H]5C4)n3)c2C(C(F)F)O1. The van der Waals surface area contributed by atoms with Crippen molar-refractivity contribution in [1.82, 2.24) is 20.3 Å². The Balaban J connectivity index is 1.62. The topological polar surface area (TPSA) is 92.3 Å². The summed E-state index contributed by atoms with van der Waals surface area (Å²) < 4.78 is 72.9. The lowest BCUT2D eigenvalue weighted by Crippen LogP contribution is -2.62. The molecule has 32 heavy (non-hydrogen) atoms. The van der Waals surface area contributed by atoms with Crippen molar-refractivity contribution in [2.75, 3.05) is 29.9 Å². The summed E-state index contributed by atoms with van der Waals surface area (Å²) >= 11 is 0. The molecule has 2 fully saturated rings. The zero-order valence-electron chi connectivity index (χ0n) is 16.4. The number of nitrogens with zero attached hydrogens (tertiary/aromatic N) is 4. The fourth-order valence-corrected chi connectivity index (χ4v) is 4.24. The van der Waals surface area contributed by atoms with Crippen LogP contribution in [0.2, 0.25) is 0 Å². The normalized spacial score (nSPS) is 24.9. The van der Waals surface area contributed by atoms with Gasteiger partial charge in [0.25, 0.3) is 6.43 Å². The molecule has 170 valence electrons. The molecule has 1 amide bonds. The highest BCUT2D eigenvalue weighted by atomic mass is 19.4. The van der Waals surface area contributed by atoms with Crippen molar-refractivity contribution < 1.29 is 31.5 Å². The molecule has 1 unspecified atom stereocenters. The standard InChI is InChI=1S/C19H17F5N6O2/c20-16(21)15-13-14(26-7-27-17(13)29-18(31)32-15)10-3-9(19(22,23)24)4-12(28-10)30-2-1-8-5-25-11(8)6-30/h3-4,7-8,11,15-16,25H,1-2,5-6H2,(H,26,27,29,31)/t8-,11-,15?/m1/s1. The fraction of sp³-hybridized carbons (Fsp3) is 0.474. The van der Waals surface area contributed by atoms with Crippen molar-refractivity contribution in [1.29, 1.82) is 0 Å². The summed E-state index contributed by atoms with van der Waals surface area (Å²) in [5.41, 5.74) is -1.82. The molecule has 2 aromatic rings. The van der Waals surface area contributed by atoms with Crippen LogP contribution in [0.25, 0.3) is 11.4 Å². The smallest absolute Gasteiger partial charge is 0.416 e. The maximum atomic E-state index is 13.7. The molecule has 0 bridgehead atoms. The maximum Gasteiger partial charge on any atom is 0.416 e. The number of halogens is 5. The highest BCUT2D eigenvalue weighted by Gasteiger charge is 2.40. The van der Waals surface area contributed by atoms with Crippen LogP contribution in [0.15, 0.2) is 18.5 Å². The quantitative estimate of drug-likeness (QED) is 0.686. The second-order valence-corrected chi connectivity index (χ2v) is 7.88. The highest BCUT2D eigenvalue weighted by Crippen LogP contribution is 2.41. The number of nitrogens with one attached hydrogen (secondary N) is 2. The predicted molar refractivity (Wildman–Crippen MR) is 101 cm³/mol. The van der Waals surface area contributed by atoms with Crippen molar-refractivity contribution in [3.63, 3.8) is 0 Å². The van der Waals surface area contributed by atoms with E-state index < -0.39 is 30.4 Å². The van der Waals surface area contributed by atoms with E-state index in [0.29, 0.717) is 19.0 Å². The van der Waals surface area contributed by atoms with Crippen LogP contribution in [0.1, 0.15) is 23.7 Å². The Morgan fingerprint density at radius 1 is 1.22 bits per heavy atom. The van der Waals surface area contributed by atoms with E-state index in [1.54, 1.807) is 4.90 Å². The van der Waals surface area contributed by atoms with Crippen LogP contribution in [-0.2, 0) is 10.9 Å². The third-order valence-corrected chi connectivity index (χ3v) is 5.96. The van der Waals surface area contributed by atoms with E-state index in [2.05, 4.69) is 30.3 Å². The number of cyclic esters (lactones) is 1. The van der Waals surface area contributed by atoms with Crippen LogP contribution in [0, 0.1) is 5.92 Å². The van der Waals surface area contributed by atoms with Crippen LogP contribution >= 0.6 is 0 Å². The molecule has 0 saturated carbocycles. The Morgan fingerprint density at radius 3 is 2.69 bits per heavy atom. The minimum Gasteiger partial charge on any atom is -0.435 e. The van der Waals surface area contributed by atoms with Crippen molar-refractivity contribution >= 4 is 17.7 Å². The number of ether oxygens (including phenoxy) is 1. The number of hydrogen-bond acceptors (Lipinski definition) is 7. The van der Waals surface area contributed by atoms with E-state index in [1.807, 2.05) is 0 Å². The van der Waals surface area contributed by atoms with Gasteiger partial charge in [-0.3, -0.25) is 5.32 Å². The Bertz CT molecular complexity index is 1060. The summed E-state index contributed by atoms with van der Waals surface area (Å²) in [6.07, 6.45) is -9.24. The van der Waals surface area contributed by atoms with Gasteiger partial charge in [-0.05, 0) is 31.0 Å². The first-order valence-corrected chi connectivity index (χ1v) is 9.89. The van der Waals surface area contributed by atoms with Crippen molar-refractivity contribution in [2.45, 2.75) is 31.2 Å². The Hall–Kier alpha value is -3.09. The number of piperidine rings is 1. The number of amides is 1. The van der Waals surface area contributed by atoms with E-state index in [-0.39, 0.29) is 34.6 Å². The zero-order chi connectivity index (χ0) is 22.6. The summed E-state index contributed by atoms with van der Waals surface area (Å²) in [4.78, 5) is 25.4. The first-order chi connectivity index (χ1) is 15.2. The number of fused-ring (bicyclic) bond motifs is 2. The molecule has 2 N–H and O–H groups in total. The van der Waals surface area contributed by atoms with Gasteiger partial charge in [0.05, 0.1) is 16.8 Å². The van der Waals surface area contributed by atoms with Crippen molar-refractivity contribution in [3.05, 3.63) is 29.6 Å². The van der Waals surface area contributed by atoms with E-state index >= 15 is 0 Å².